The summed E-state index contributed by atoms with van der Waals surface area (Å²) in [7, 11) is 2.01. The lowest BCUT2D eigenvalue weighted by Crippen LogP contribution is -2.16. The Morgan fingerprint density at radius 1 is 1.00 bits per heavy atom. The number of fused-ring (bicyclic) bond motifs is 2. The van der Waals surface area contributed by atoms with Gasteiger partial charge in [-0.05, 0) is 43.7 Å². The highest BCUT2D eigenvalue weighted by atomic mass is 19.1. The highest BCUT2D eigenvalue weighted by Crippen LogP contribution is 2.37. The number of aryl methyl sites for hydroxylation is 2. The minimum absolute atomic E-state index is 0.276. The zero-order valence-electron chi connectivity index (χ0n) is 19.1. The fraction of sp³-hybridized carbons (Fsp3) is 0.148. The van der Waals surface area contributed by atoms with Gasteiger partial charge in [0.25, 0.3) is 0 Å². The second-order valence-electron chi connectivity index (χ2n) is 8.62. The lowest BCUT2D eigenvalue weighted by molar-refractivity contribution is 0.628. The molecule has 5 aromatic rings. The molecule has 4 aromatic heterocycles. The second kappa shape index (κ2) is 7.66. The molecule has 6 nitrogen and oxygen atoms in total. The van der Waals surface area contributed by atoms with Gasteiger partial charge in [0.05, 0.1) is 35.5 Å². The quantitative estimate of drug-likeness (QED) is 0.393. The van der Waals surface area contributed by atoms with Gasteiger partial charge in [0, 0.05) is 58.8 Å². The molecule has 5 heterocycles. The molecule has 0 radical (unpaired) electrons. The zero-order chi connectivity index (χ0) is 23.4. The Labute approximate surface area is 196 Å². The molecule has 0 unspecified atom stereocenters. The van der Waals surface area contributed by atoms with Crippen LogP contribution in [0.2, 0.25) is 0 Å². The Kier molecular flexibility index (Phi) is 4.58. The van der Waals surface area contributed by atoms with Crippen LogP contribution < -0.4 is 5.32 Å². The number of benzene rings is 1. The first-order valence-corrected chi connectivity index (χ1v) is 11.2. The van der Waals surface area contributed by atoms with E-state index in [1.54, 1.807) is 12.3 Å². The van der Waals surface area contributed by atoms with Gasteiger partial charge in [-0.1, -0.05) is 12.1 Å². The first kappa shape index (κ1) is 20.4. The van der Waals surface area contributed by atoms with E-state index in [0.29, 0.717) is 6.54 Å². The molecule has 6 rings (SSSR count). The highest BCUT2D eigenvalue weighted by molar-refractivity contribution is 6.00. The Bertz CT molecular complexity index is 1610. The van der Waals surface area contributed by atoms with E-state index in [2.05, 4.69) is 37.8 Å². The van der Waals surface area contributed by atoms with Crippen LogP contribution in [0, 0.1) is 19.7 Å². The van der Waals surface area contributed by atoms with E-state index in [-0.39, 0.29) is 5.82 Å². The van der Waals surface area contributed by atoms with Gasteiger partial charge < -0.3 is 14.9 Å². The third-order valence-electron chi connectivity index (χ3n) is 6.62. The molecule has 2 N–H and O–H groups in total. The van der Waals surface area contributed by atoms with E-state index >= 15 is 0 Å². The van der Waals surface area contributed by atoms with Crippen molar-refractivity contribution in [3.63, 3.8) is 0 Å². The largest absolute Gasteiger partial charge is 0.385 e. The van der Waals surface area contributed by atoms with Gasteiger partial charge in [0.1, 0.15) is 11.6 Å². The van der Waals surface area contributed by atoms with Crippen LogP contribution in [-0.2, 0) is 13.6 Å². The van der Waals surface area contributed by atoms with Crippen molar-refractivity contribution in [1.29, 1.82) is 0 Å². The molecule has 1 aliphatic rings. The van der Waals surface area contributed by atoms with Gasteiger partial charge in [0.15, 0.2) is 0 Å². The van der Waals surface area contributed by atoms with Crippen LogP contribution in [0.5, 0.6) is 0 Å². The Balaban J connectivity index is 1.52. The van der Waals surface area contributed by atoms with E-state index in [4.69, 9.17) is 4.98 Å². The van der Waals surface area contributed by atoms with Crippen molar-refractivity contribution < 1.29 is 4.39 Å². The molecule has 0 aliphatic carbocycles. The number of aromatic nitrogens is 5. The maximum absolute atomic E-state index is 14.0. The molecule has 1 aromatic carbocycles. The molecule has 34 heavy (non-hydrogen) atoms. The maximum atomic E-state index is 14.0. The molecule has 0 atom stereocenters. The van der Waals surface area contributed by atoms with E-state index in [9.17, 15) is 4.39 Å². The summed E-state index contributed by atoms with van der Waals surface area (Å²) in [5.41, 5.74) is 9.67. The van der Waals surface area contributed by atoms with Gasteiger partial charge in [-0.3, -0.25) is 9.97 Å². The van der Waals surface area contributed by atoms with Crippen molar-refractivity contribution >= 4 is 16.5 Å². The molecule has 0 saturated heterocycles. The number of hydrogen-bond donors (Lipinski definition) is 2. The SMILES string of the molecule is Cc1c(C2=CNCc3ncc(-c4cnc(C)n4C)cc32)[nH]c2ccnc(-c3cccc(F)c3)c12. The maximum Gasteiger partial charge on any atom is 0.123 e. The first-order valence-electron chi connectivity index (χ1n) is 11.2. The Morgan fingerprint density at radius 3 is 2.68 bits per heavy atom. The smallest absolute Gasteiger partial charge is 0.123 e. The van der Waals surface area contributed by atoms with Crippen LogP contribution in [-0.4, -0.2) is 24.5 Å². The van der Waals surface area contributed by atoms with Gasteiger partial charge in [-0.15, -0.1) is 0 Å². The first-order chi connectivity index (χ1) is 16.5. The highest BCUT2D eigenvalue weighted by Gasteiger charge is 2.22. The summed E-state index contributed by atoms with van der Waals surface area (Å²) in [6.07, 6.45) is 7.59. The lowest BCUT2D eigenvalue weighted by atomic mass is 9.94. The number of aromatic amines is 1. The average molecular weight is 451 g/mol. The van der Waals surface area contributed by atoms with E-state index in [1.165, 1.54) is 12.1 Å². The number of hydrogen-bond acceptors (Lipinski definition) is 4. The number of imidazole rings is 1. The van der Waals surface area contributed by atoms with Crippen molar-refractivity contribution in [3.8, 4) is 22.5 Å². The lowest BCUT2D eigenvalue weighted by Gasteiger charge is -2.19. The fourth-order valence-corrected chi connectivity index (χ4v) is 4.73. The normalized spacial score (nSPS) is 13.0. The summed E-state index contributed by atoms with van der Waals surface area (Å²) in [5, 5.41) is 4.35. The molecule has 168 valence electrons. The standard InChI is InChI=1S/C27H23FN6/c1-15-25-22(7-8-30-27(25)17-5-4-6-19(28)9-17)33-26(15)21-12-29-13-23-20(21)10-18(11-32-23)24-14-31-16(2)34(24)3/h4-12,14,29,33H,13H2,1-3H3. The van der Waals surface area contributed by atoms with Gasteiger partial charge in [0.2, 0.25) is 0 Å². The molecule has 0 amide bonds. The number of rotatable bonds is 3. The van der Waals surface area contributed by atoms with Crippen molar-refractivity contribution in [2.24, 2.45) is 7.05 Å². The zero-order valence-corrected chi connectivity index (χ0v) is 19.1. The minimum Gasteiger partial charge on any atom is -0.385 e. The molecule has 0 fully saturated rings. The molecule has 0 bridgehead atoms. The van der Waals surface area contributed by atoms with E-state index < -0.39 is 0 Å². The summed E-state index contributed by atoms with van der Waals surface area (Å²) < 4.78 is 16.0. The monoisotopic (exact) mass is 450 g/mol. The van der Waals surface area contributed by atoms with Crippen molar-refractivity contribution in [3.05, 3.63) is 95.3 Å². The van der Waals surface area contributed by atoms with Crippen LogP contribution in [0.4, 0.5) is 4.39 Å². The van der Waals surface area contributed by atoms with Crippen LogP contribution in [0.15, 0.2) is 61.2 Å². The van der Waals surface area contributed by atoms with Crippen LogP contribution in [0.25, 0.3) is 39.0 Å². The predicted octanol–water partition coefficient (Wildman–Crippen LogP) is 5.27. The molecule has 0 spiro atoms. The number of H-pyrrole nitrogens is 1. The summed E-state index contributed by atoms with van der Waals surface area (Å²) >= 11 is 0. The summed E-state index contributed by atoms with van der Waals surface area (Å²) in [6, 6.07) is 10.7. The summed E-state index contributed by atoms with van der Waals surface area (Å²) in [6.45, 7) is 4.73. The van der Waals surface area contributed by atoms with Crippen molar-refractivity contribution in [2.75, 3.05) is 0 Å². The van der Waals surface area contributed by atoms with E-state index in [1.807, 2.05) is 44.7 Å². The third-order valence-corrected chi connectivity index (χ3v) is 6.62. The molecule has 7 heteroatoms. The van der Waals surface area contributed by atoms with Crippen LogP contribution >= 0.6 is 0 Å². The average Bonchev–Trinajstić information content (AvgIpc) is 3.37. The minimum atomic E-state index is -0.276. The third kappa shape index (κ3) is 3.12. The molecular formula is C27H23FN6. The topological polar surface area (TPSA) is 71.4 Å². The van der Waals surface area contributed by atoms with Crippen LogP contribution in [0.3, 0.4) is 0 Å². The van der Waals surface area contributed by atoms with Gasteiger partial charge in [-0.2, -0.15) is 0 Å². The molecular weight excluding hydrogens is 427 g/mol. The predicted molar refractivity (Wildman–Crippen MR) is 131 cm³/mol. The number of halogens is 1. The molecule has 0 saturated carbocycles. The van der Waals surface area contributed by atoms with Gasteiger partial charge in [-0.25, -0.2) is 9.37 Å². The van der Waals surface area contributed by atoms with Crippen molar-refractivity contribution in [1.82, 2.24) is 29.8 Å². The van der Waals surface area contributed by atoms with Gasteiger partial charge >= 0.3 is 0 Å². The fourth-order valence-electron chi connectivity index (χ4n) is 4.73. The van der Waals surface area contributed by atoms with E-state index in [0.717, 1.165) is 67.3 Å². The second-order valence-corrected chi connectivity index (χ2v) is 8.62. The number of nitrogens with one attached hydrogen (secondary N) is 2. The number of nitrogens with zero attached hydrogens (tertiary/aromatic N) is 4. The number of pyridine rings is 2. The molecule has 1 aliphatic heterocycles. The summed E-state index contributed by atoms with van der Waals surface area (Å²) in [5.74, 6) is 0.677. The van der Waals surface area contributed by atoms with Crippen LogP contribution in [0.1, 0.15) is 28.3 Å². The Morgan fingerprint density at radius 2 is 1.88 bits per heavy atom. The summed E-state index contributed by atoms with van der Waals surface area (Å²) in [4.78, 5) is 17.4. The Hall–Kier alpha value is -4.26. The van der Waals surface area contributed by atoms with Crippen molar-refractivity contribution in [2.45, 2.75) is 20.4 Å².